The van der Waals surface area contributed by atoms with Crippen LogP contribution in [0.3, 0.4) is 0 Å². The SMILES string of the molecule is O=C1CCCc2cccc(NCC(O)CCl)c21. The molecule has 4 heteroatoms. The maximum Gasteiger partial charge on any atom is 0.165 e. The first-order chi connectivity index (χ1) is 8.22. The number of ketones is 1. The number of nitrogens with one attached hydrogen (secondary N) is 1. The van der Waals surface area contributed by atoms with Crippen molar-refractivity contribution in [2.75, 3.05) is 17.7 Å². The number of benzene rings is 1. The number of alkyl halides is 1. The fraction of sp³-hybridized carbons (Fsp3) is 0.462. The van der Waals surface area contributed by atoms with Crippen LogP contribution in [0.15, 0.2) is 18.2 Å². The summed E-state index contributed by atoms with van der Waals surface area (Å²) >= 11 is 5.53. The van der Waals surface area contributed by atoms with Crippen molar-refractivity contribution in [2.24, 2.45) is 0 Å². The number of carbonyl (C=O) groups is 1. The zero-order valence-electron chi connectivity index (χ0n) is 9.58. The highest BCUT2D eigenvalue weighted by molar-refractivity contribution is 6.18. The second-order valence-corrected chi connectivity index (χ2v) is 4.61. The standard InChI is InChI=1S/C13H16ClNO2/c14-7-10(16)8-15-11-5-1-3-9-4-2-6-12(17)13(9)11/h1,3,5,10,15-16H,2,4,6-8H2. The van der Waals surface area contributed by atoms with Crippen molar-refractivity contribution in [3.8, 4) is 0 Å². The first-order valence-electron chi connectivity index (χ1n) is 5.85. The first-order valence-corrected chi connectivity index (χ1v) is 6.39. The first kappa shape index (κ1) is 12.4. The summed E-state index contributed by atoms with van der Waals surface area (Å²) in [5, 5.41) is 12.5. The van der Waals surface area contributed by atoms with Crippen molar-refractivity contribution in [3.05, 3.63) is 29.3 Å². The Kier molecular flexibility index (Phi) is 4.02. The summed E-state index contributed by atoms with van der Waals surface area (Å²) in [4.78, 5) is 11.9. The van der Waals surface area contributed by atoms with Crippen LogP contribution in [0.2, 0.25) is 0 Å². The third-order valence-corrected chi connectivity index (χ3v) is 3.34. The molecule has 0 radical (unpaired) electrons. The molecule has 1 aromatic carbocycles. The Labute approximate surface area is 106 Å². The molecule has 1 aliphatic rings. The summed E-state index contributed by atoms with van der Waals surface area (Å²) < 4.78 is 0. The lowest BCUT2D eigenvalue weighted by Crippen LogP contribution is -2.23. The van der Waals surface area contributed by atoms with Crippen molar-refractivity contribution in [3.63, 3.8) is 0 Å². The lowest BCUT2D eigenvalue weighted by Gasteiger charge is -2.19. The summed E-state index contributed by atoms with van der Waals surface area (Å²) in [6.07, 6.45) is 1.91. The third kappa shape index (κ3) is 2.79. The highest BCUT2D eigenvalue weighted by atomic mass is 35.5. The van der Waals surface area contributed by atoms with Gasteiger partial charge in [0.15, 0.2) is 5.78 Å². The van der Waals surface area contributed by atoms with E-state index in [9.17, 15) is 9.90 Å². The van der Waals surface area contributed by atoms with Crippen LogP contribution < -0.4 is 5.32 Å². The number of aliphatic hydroxyl groups is 1. The molecular formula is C13H16ClNO2. The summed E-state index contributed by atoms with van der Waals surface area (Å²) in [7, 11) is 0. The topological polar surface area (TPSA) is 49.3 Å². The minimum absolute atomic E-state index is 0.190. The maximum absolute atomic E-state index is 11.9. The van der Waals surface area contributed by atoms with E-state index in [1.165, 1.54) is 0 Å². The predicted molar refractivity (Wildman–Crippen MR) is 68.9 cm³/mol. The quantitative estimate of drug-likeness (QED) is 0.809. The van der Waals surface area contributed by atoms with Crippen molar-refractivity contribution in [1.29, 1.82) is 0 Å². The smallest absolute Gasteiger partial charge is 0.165 e. The van der Waals surface area contributed by atoms with Crippen LogP contribution in [0.5, 0.6) is 0 Å². The molecule has 1 aliphatic carbocycles. The molecule has 1 atom stereocenters. The molecule has 0 saturated heterocycles. The molecule has 1 aromatic rings. The summed E-state index contributed by atoms with van der Waals surface area (Å²) in [5.74, 6) is 0.380. The number of carbonyl (C=O) groups excluding carboxylic acids is 1. The number of aryl methyl sites for hydroxylation is 1. The molecule has 0 amide bonds. The van der Waals surface area contributed by atoms with Gasteiger partial charge in [0.25, 0.3) is 0 Å². The molecule has 0 saturated carbocycles. The number of fused-ring (bicyclic) bond motifs is 1. The van der Waals surface area contributed by atoms with E-state index in [1.807, 2.05) is 18.2 Å². The number of rotatable bonds is 4. The number of halogens is 1. The average Bonchev–Trinajstić information content (AvgIpc) is 2.36. The molecule has 17 heavy (non-hydrogen) atoms. The average molecular weight is 254 g/mol. The Balaban J connectivity index is 2.20. The lowest BCUT2D eigenvalue weighted by molar-refractivity contribution is 0.0973. The third-order valence-electron chi connectivity index (χ3n) is 2.99. The maximum atomic E-state index is 11.9. The van der Waals surface area contributed by atoms with Crippen LogP contribution in [-0.2, 0) is 6.42 Å². The largest absolute Gasteiger partial charge is 0.390 e. The van der Waals surface area contributed by atoms with Gasteiger partial charge in [-0.25, -0.2) is 0 Å². The van der Waals surface area contributed by atoms with Gasteiger partial charge in [0.1, 0.15) is 0 Å². The van der Waals surface area contributed by atoms with Crippen LogP contribution >= 0.6 is 11.6 Å². The van der Waals surface area contributed by atoms with Crippen molar-refractivity contribution >= 4 is 23.1 Å². The Hall–Kier alpha value is -1.06. The highest BCUT2D eigenvalue weighted by Gasteiger charge is 2.20. The highest BCUT2D eigenvalue weighted by Crippen LogP contribution is 2.27. The van der Waals surface area contributed by atoms with Gasteiger partial charge in [0.05, 0.1) is 12.0 Å². The molecule has 0 fully saturated rings. The van der Waals surface area contributed by atoms with Gasteiger partial charge in [-0.2, -0.15) is 0 Å². The van der Waals surface area contributed by atoms with Crippen molar-refractivity contribution in [2.45, 2.75) is 25.4 Å². The Bertz CT molecular complexity index is 420. The zero-order valence-corrected chi connectivity index (χ0v) is 10.3. The number of hydrogen-bond donors (Lipinski definition) is 2. The Morgan fingerprint density at radius 1 is 1.41 bits per heavy atom. The van der Waals surface area contributed by atoms with E-state index in [-0.39, 0.29) is 11.7 Å². The van der Waals surface area contributed by atoms with Gasteiger partial charge >= 0.3 is 0 Å². The molecule has 1 unspecified atom stereocenters. The molecule has 3 nitrogen and oxygen atoms in total. The minimum Gasteiger partial charge on any atom is -0.390 e. The van der Waals surface area contributed by atoms with E-state index < -0.39 is 6.10 Å². The molecule has 2 rings (SSSR count). The molecule has 0 spiro atoms. The van der Waals surface area contributed by atoms with Gasteiger partial charge in [-0.05, 0) is 24.5 Å². The molecule has 2 N–H and O–H groups in total. The molecule has 0 aromatic heterocycles. The van der Waals surface area contributed by atoms with Gasteiger partial charge in [0, 0.05) is 24.2 Å². The minimum atomic E-state index is -0.591. The van der Waals surface area contributed by atoms with Crippen LogP contribution in [0.4, 0.5) is 5.69 Å². The lowest BCUT2D eigenvalue weighted by atomic mass is 9.89. The zero-order chi connectivity index (χ0) is 12.3. The predicted octanol–water partition coefficient (Wildman–Crippen LogP) is 2.22. The summed E-state index contributed by atoms with van der Waals surface area (Å²) in [5.41, 5.74) is 2.71. The van der Waals surface area contributed by atoms with E-state index in [1.54, 1.807) is 0 Å². The monoisotopic (exact) mass is 253 g/mol. The van der Waals surface area contributed by atoms with Crippen LogP contribution in [0.25, 0.3) is 0 Å². The van der Waals surface area contributed by atoms with E-state index in [0.29, 0.717) is 13.0 Å². The number of Topliss-reactive ketones (excluding diaryl/α,β-unsaturated/α-hetero) is 1. The fourth-order valence-corrected chi connectivity index (χ4v) is 2.24. The molecule has 0 bridgehead atoms. The van der Waals surface area contributed by atoms with Crippen LogP contribution in [-0.4, -0.2) is 29.4 Å². The van der Waals surface area contributed by atoms with Gasteiger partial charge < -0.3 is 10.4 Å². The van der Waals surface area contributed by atoms with Gasteiger partial charge in [-0.1, -0.05) is 12.1 Å². The molecular weight excluding hydrogens is 238 g/mol. The second kappa shape index (κ2) is 5.52. The normalized spacial score (nSPS) is 16.5. The number of anilines is 1. The van der Waals surface area contributed by atoms with Gasteiger partial charge in [-0.3, -0.25) is 4.79 Å². The van der Waals surface area contributed by atoms with E-state index in [0.717, 1.165) is 29.7 Å². The van der Waals surface area contributed by atoms with Gasteiger partial charge in [-0.15, -0.1) is 11.6 Å². The van der Waals surface area contributed by atoms with E-state index >= 15 is 0 Å². The molecule has 92 valence electrons. The van der Waals surface area contributed by atoms with Crippen molar-refractivity contribution < 1.29 is 9.90 Å². The number of aliphatic hydroxyl groups excluding tert-OH is 1. The van der Waals surface area contributed by atoms with E-state index in [2.05, 4.69) is 5.32 Å². The van der Waals surface area contributed by atoms with Crippen molar-refractivity contribution in [1.82, 2.24) is 0 Å². The van der Waals surface area contributed by atoms with Crippen LogP contribution in [0.1, 0.15) is 28.8 Å². The Morgan fingerprint density at radius 3 is 3.00 bits per heavy atom. The number of hydrogen-bond acceptors (Lipinski definition) is 3. The Morgan fingerprint density at radius 2 is 2.24 bits per heavy atom. The summed E-state index contributed by atoms with van der Waals surface area (Å²) in [6, 6.07) is 5.81. The summed E-state index contributed by atoms with van der Waals surface area (Å²) in [6.45, 7) is 0.368. The van der Waals surface area contributed by atoms with Crippen LogP contribution in [0, 0.1) is 0 Å². The second-order valence-electron chi connectivity index (χ2n) is 4.31. The molecule has 0 heterocycles. The van der Waals surface area contributed by atoms with E-state index in [4.69, 9.17) is 11.6 Å². The fourth-order valence-electron chi connectivity index (χ4n) is 2.13. The van der Waals surface area contributed by atoms with Gasteiger partial charge in [0.2, 0.25) is 0 Å². The molecule has 0 aliphatic heterocycles.